The molecule has 1 aromatic rings. The van der Waals surface area contributed by atoms with E-state index >= 15 is 0 Å². The van der Waals surface area contributed by atoms with E-state index in [1.54, 1.807) is 0 Å². The summed E-state index contributed by atoms with van der Waals surface area (Å²) in [6.45, 7) is 4.94. The van der Waals surface area contributed by atoms with Crippen molar-refractivity contribution in [2.24, 2.45) is 0 Å². The molecule has 5 heteroatoms. The van der Waals surface area contributed by atoms with Crippen LogP contribution < -0.4 is 5.32 Å². The number of rotatable bonds is 7. The van der Waals surface area contributed by atoms with E-state index in [1.807, 2.05) is 44.0 Å². The van der Waals surface area contributed by atoms with E-state index < -0.39 is 0 Å². The number of carbonyl (C=O) groups is 2. The highest BCUT2D eigenvalue weighted by atomic mass is 16.5. The zero-order valence-electron chi connectivity index (χ0n) is 13.2. The van der Waals surface area contributed by atoms with Gasteiger partial charge in [-0.3, -0.25) is 14.5 Å². The van der Waals surface area contributed by atoms with Gasteiger partial charge in [0.15, 0.2) is 0 Å². The van der Waals surface area contributed by atoms with Crippen LogP contribution in [-0.2, 0) is 14.3 Å². The average molecular weight is 292 g/mol. The largest absolute Gasteiger partial charge is 0.469 e. The molecule has 1 aromatic carbocycles. The van der Waals surface area contributed by atoms with Crippen molar-refractivity contribution in [1.29, 1.82) is 0 Å². The molecule has 0 radical (unpaired) electrons. The van der Waals surface area contributed by atoms with Gasteiger partial charge in [0.25, 0.3) is 0 Å². The third-order valence-electron chi connectivity index (χ3n) is 3.23. The summed E-state index contributed by atoms with van der Waals surface area (Å²) < 4.78 is 4.58. The summed E-state index contributed by atoms with van der Waals surface area (Å²) in [5, 5.41) is 2.92. The molecule has 0 fully saturated rings. The molecule has 0 aliphatic rings. The first-order valence-electron chi connectivity index (χ1n) is 7.05. The van der Waals surface area contributed by atoms with Crippen LogP contribution in [0.15, 0.2) is 18.2 Å². The van der Waals surface area contributed by atoms with Crippen LogP contribution in [0.5, 0.6) is 0 Å². The van der Waals surface area contributed by atoms with Crippen LogP contribution >= 0.6 is 0 Å². The van der Waals surface area contributed by atoms with E-state index in [2.05, 4.69) is 10.1 Å². The molecule has 0 aliphatic heterocycles. The second-order valence-electron chi connectivity index (χ2n) is 5.28. The number of esters is 1. The Labute approximate surface area is 126 Å². The van der Waals surface area contributed by atoms with Gasteiger partial charge in [-0.05, 0) is 51.1 Å². The number of ether oxygens (including phenoxy) is 1. The smallest absolute Gasteiger partial charge is 0.305 e. The Balaban J connectivity index is 2.39. The van der Waals surface area contributed by atoms with Crippen molar-refractivity contribution in [2.75, 3.05) is 32.6 Å². The van der Waals surface area contributed by atoms with Crippen LogP contribution in [-0.4, -0.2) is 44.0 Å². The molecule has 1 rings (SSSR count). The van der Waals surface area contributed by atoms with Gasteiger partial charge in [-0.25, -0.2) is 0 Å². The molecular weight excluding hydrogens is 268 g/mol. The molecule has 0 unspecified atom stereocenters. The quantitative estimate of drug-likeness (QED) is 0.782. The van der Waals surface area contributed by atoms with Gasteiger partial charge in [0.1, 0.15) is 0 Å². The first-order chi connectivity index (χ1) is 9.92. The lowest BCUT2D eigenvalue weighted by molar-refractivity contribution is -0.140. The van der Waals surface area contributed by atoms with Gasteiger partial charge in [0.2, 0.25) is 5.91 Å². The molecule has 0 bridgehead atoms. The number of methoxy groups -OCH3 is 1. The lowest BCUT2D eigenvalue weighted by atomic mass is 10.1. The van der Waals surface area contributed by atoms with Crippen molar-refractivity contribution in [1.82, 2.24) is 4.90 Å². The summed E-state index contributed by atoms with van der Waals surface area (Å²) in [5.41, 5.74) is 3.01. The van der Waals surface area contributed by atoms with E-state index in [9.17, 15) is 9.59 Å². The highest BCUT2D eigenvalue weighted by Gasteiger charge is 2.09. The Kier molecular flexibility index (Phi) is 6.88. The van der Waals surface area contributed by atoms with Crippen LogP contribution in [0.2, 0.25) is 0 Å². The monoisotopic (exact) mass is 292 g/mol. The lowest BCUT2D eigenvalue weighted by Gasteiger charge is -2.16. The van der Waals surface area contributed by atoms with E-state index in [0.29, 0.717) is 25.9 Å². The SMILES string of the molecule is COC(=O)CCCN(C)CC(=O)Nc1cc(C)ccc1C. The molecule has 0 aromatic heterocycles. The van der Waals surface area contributed by atoms with E-state index in [1.165, 1.54) is 7.11 Å². The highest BCUT2D eigenvalue weighted by molar-refractivity contribution is 5.93. The number of hydrogen-bond acceptors (Lipinski definition) is 4. The van der Waals surface area contributed by atoms with Crippen molar-refractivity contribution in [3.8, 4) is 0 Å². The van der Waals surface area contributed by atoms with Crippen molar-refractivity contribution >= 4 is 17.6 Å². The summed E-state index contributed by atoms with van der Waals surface area (Å²) in [6, 6.07) is 5.97. The van der Waals surface area contributed by atoms with E-state index in [4.69, 9.17) is 0 Å². The number of carbonyl (C=O) groups excluding carboxylic acids is 2. The van der Waals surface area contributed by atoms with E-state index in [0.717, 1.165) is 16.8 Å². The molecule has 5 nitrogen and oxygen atoms in total. The van der Waals surface area contributed by atoms with Crippen LogP contribution in [0.1, 0.15) is 24.0 Å². The fourth-order valence-corrected chi connectivity index (χ4v) is 1.98. The molecule has 1 N–H and O–H groups in total. The zero-order chi connectivity index (χ0) is 15.8. The number of nitrogens with one attached hydrogen (secondary N) is 1. The fourth-order valence-electron chi connectivity index (χ4n) is 1.98. The minimum absolute atomic E-state index is 0.0516. The molecule has 0 spiro atoms. The van der Waals surface area contributed by atoms with Gasteiger partial charge in [0.05, 0.1) is 13.7 Å². The standard InChI is InChI=1S/C16H24N2O3/c1-12-7-8-13(2)14(10-12)17-15(19)11-18(3)9-5-6-16(20)21-4/h7-8,10H,5-6,9,11H2,1-4H3,(H,17,19). The van der Waals surface area contributed by atoms with Crippen molar-refractivity contribution < 1.29 is 14.3 Å². The number of benzene rings is 1. The molecule has 0 saturated heterocycles. The number of nitrogens with zero attached hydrogens (tertiary/aromatic N) is 1. The Morgan fingerprint density at radius 2 is 2.00 bits per heavy atom. The third-order valence-corrected chi connectivity index (χ3v) is 3.23. The van der Waals surface area contributed by atoms with Crippen LogP contribution in [0.4, 0.5) is 5.69 Å². The lowest BCUT2D eigenvalue weighted by Crippen LogP contribution is -2.31. The van der Waals surface area contributed by atoms with Gasteiger partial charge in [-0.2, -0.15) is 0 Å². The van der Waals surface area contributed by atoms with Crippen LogP contribution in [0.3, 0.4) is 0 Å². The van der Waals surface area contributed by atoms with Crippen molar-refractivity contribution in [3.05, 3.63) is 29.3 Å². The Bertz CT molecular complexity index is 500. The number of aryl methyl sites for hydroxylation is 2. The molecule has 21 heavy (non-hydrogen) atoms. The van der Waals surface area contributed by atoms with Gasteiger partial charge in [-0.15, -0.1) is 0 Å². The van der Waals surface area contributed by atoms with Crippen LogP contribution in [0.25, 0.3) is 0 Å². The predicted octanol–water partition coefficient (Wildman–Crippen LogP) is 2.13. The second kappa shape index (κ2) is 8.42. The average Bonchev–Trinajstić information content (AvgIpc) is 2.42. The number of hydrogen-bond donors (Lipinski definition) is 1. The Morgan fingerprint density at radius 3 is 2.67 bits per heavy atom. The first-order valence-corrected chi connectivity index (χ1v) is 7.05. The maximum Gasteiger partial charge on any atom is 0.305 e. The zero-order valence-corrected chi connectivity index (χ0v) is 13.2. The van der Waals surface area contributed by atoms with Crippen molar-refractivity contribution in [2.45, 2.75) is 26.7 Å². The molecule has 0 saturated carbocycles. The van der Waals surface area contributed by atoms with Gasteiger partial charge < -0.3 is 10.1 Å². The summed E-state index contributed by atoms with van der Waals surface area (Å²) >= 11 is 0. The van der Waals surface area contributed by atoms with Gasteiger partial charge in [0, 0.05) is 12.1 Å². The molecule has 116 valence electrons. The predicted molar refractivity (Wildman–Crippen MR) is 83.3 cm³/mol. The topological polar surface area (TPSA) is 58.6 Å². The third kappa shape index (κ3) is 6.40. The minimum Gasteiger partial charge on any atom is -0.469 e. The second-order valence-corrected chi connectivity index (χ2v) is 5.28. The summed E-state index contributed by atoms with van der Waals surface area (Å²) in [4.78, 5) is 24.9. The van der Waals surface area contributed by atoms with Gasteiger partial charge in [-0.1, -0.05) is 12.1 Å². The number of amides is 1. The summed E-state index contributed by atoms with van der Waals surface area (Å²) in [7, 11) is 3.24. The van der Waals surface area contributed by atoms with Crippen LogP contribution in [0, 0.1) is 13.8 Å². The molecular formula is C16H24N2O3. The molecule has 0 aliphatic carbocycles. The maximum atomic E-state index is 12.0. The maximum absolute atomic E-state index is 12.0. The Morgan fingerprint density at radius 1 is 1.29 bits per heavy atom. The van der Waals surface area contributed by atoms with Gasteiger partial charge >= 0.3 is 5.97 Å². The van der Waals surface area contributed by atoms with E-state index in [-0.39, 0.29) is 11.9 Å². The number of likely N-dealkylation sites (N-methyl/N-ethyl adjacent to an activating group) is 1. The minimum atomic E-state index is -0.219. The molecule has 0 atom stereocenters. The number of anilines is 1. The fraction of sp³-hybridized carbons (Fsp3) is 0.500. The summed E-state index contributed by atoms with van der Waals surface area (Å²) in [5.74, 6) is -0.271. The normalized spacial score (nSPS) is 10.5. The van der Waals surface area contributed by atoms with Crippen molar-refractivity contribution in [3.63, 3.8) is 0 Å². The highest BCUT2D eigenvalue weighted by Crippen LogP contribution is 2.16. The molecule has 0 heterocycles. The summed E-state index contributed by atoms with van der Waals surface area (Å²) in [6.07, 6.45) is 1.05. The molecule has 1 amide bonds. The first kappa shape index (κ1) is 17.2. The Hall–Kier alpha value is -1.88.